The van der Waals surface area contributed by atoms with Crippen LogP contribution in [-0.4, -0.2) is 24.4 Å². The summed E-state index contributed by atoms with van der Waals surface area (Å²) >= 11 is 0. The van der Waals surface area contributed by atoms with E-state index in [9.17, 15) is 0 Å². The van der Waals surface area contributed by atoms with Gasteiger partial charge < -0.3 is 9.47 Å². The molecule has 2 nitrogen and oxygen atoms in total. The number of ether oxygens (including phenoxy) is 2. The lowest BCUT2D eigenvalue weighted by molar-refractivity contribution is -0.155. The van der Waals surface area contributed by atoms with Gasteiger partial charge in [0, 0.05) is 0 Å². The molecule has 0 aromatic heterocycles. The second-order valence-electron chi connectivity index (χ2n) is 5.09. The van der Waals surface area contributed by atoms with E-state index in [0.717, 1.165) is 0 Å². The highest BCUT2D eigenvalue weighted by atomic mass is 16.5. The van der Waals surface area contributed by atoms with Gasteiger partial charge in [0.15, 0.2) is 0 Å². The van der Waals surface area contributed by atoms with E-state index in [2.05, 4.69) is 0 Å². The predicted octanol–water partition coefficient (Wildman–Crippen LogP) is 2.66. The molecule has 0 aromatic rings. The van der Waals surface area contributed by atoms with E-state index in [0.29, 0.717) is 24.4 Å². The van der Waals surface area contributed by atoms with E-state index in [1.54, 1.807) is 0 Å². The van der Waals surface area contributed by atoms with Crippen molar-refractivity contribution in [2.24, 2.45) is 0 Å². The Labute approximate surface area is 86.0 Å². The largest absolute Gasteiger partial charge is 0.375 e. The van der Waals surface area contributed by atoms with Gasteiger partial charge in [-0.25, -0.2) is 0 Å². The van der Waals surface area contributed by atoms with Crippen molar-refractivity contribution in [2.45, 2.75) is 75.8 Å². The lowest BCUT2D eigenvalue weighted by Crippen LogP contribution is -2.41. The van der Waals surface area contributed by atoms with Crippen LogP contribution in [0.5, 0.6) is 0 Å². The molecule has 2 heteroatoms. The quantitative estimate of drug-likeness (QED) is 0.593. The van der Waals surface area contributed by atoms with E-state index < -0.39 is 0 Å². The van der Waals surface area contributed by atoms with Crippen LogP contribution in [-0.2, 0) is 9.47 Å². The Hall–Kier alpha value is -0.0800. The average Bonchev–Trinajstić information content (AvgIpc) is 2.19. The van der Waals surface area contributed by atoms with Crippen LogP contribution in [0, 0.1) is 0 Å². The van der Waals surface area contributed by atoms with Crippen molar-refractivity contribution in [3.63, 3.8) is 0 Å². The molecule has 0 spiro atoms. The zero-order valence-electron chi connectivity index (χ0n) is 8.78. The summed E-state index contributed by atoms with van der Waals surface area (Å²) < 4.78 is 10.8. The van der Waals surface area contributed by atoms with Crippen molar-refractivity contribution < 1.29 is 9.47 Å². The third-order valence-electron chi connectivity index (χ3n) is 3.93. The summed E-state index contributed by atoms with van der Waals surface area (Å²) in [5.74, 6) is 0. The summed E-state index contributed by atoms with van der Waals surface area (Å²) in [5.41, 5.74) is 0. The monoisotopic (exact) mass is 196 g/mol. The summed E-state index contributed by atoms with van der Waals surface area (Å²) in [6, 6.07) is 0. The van der Waals surface area contributed by atoms with Crippen LogP contribution in [0.3, 0.4) is 0 Å². The van der Waals surface area contributed by atoms with Crippen molar-refractivity contribution in [1.29, 1.82) is 0 Å². The molecule has 6 aliphatic rings. The minimum Gasteiger partial charge on any atom is -0.375 e. The Balaban J connectivity index is 0.0000000914. The Morgan fingerprint density at radius 3 is 0.929 bits per heavy atom. The van der Waals surface area contributed by atoms with Crippen LogP contribution in [0.15, 0.2) is 0 Å². The molecule has 2 aliphatic carbocycles. The van der Waals surface area contributed by atoms with Gasteiger partial charge in [-0.2, -0.15) is 0 Å². The molecule has 4 atom stereocenters. The molecule has 6 rings (SSSR count). The van der Waals surface area contributed by atoms with E-state index in [4.69, 9.17) is 9.47 Å². The molecule has 0 amide bonds. The molecule has 14 heavy (non-hydrogen) atoms. The maximum absolute atomic E-state index is 5.38. The fraction of sp³-hybridized carbons (Fsp3) is 1.00. The highest BCUT2D eigenvalue weighted by Crippen LogP contribution is 2.34. The van der Waals surface area contributed by atoms with E-state index >= 15 is 0 Å². The van der Waals surface area contributed by atoms with E-state index in [1.807, 2.05) is 0 Å². The van der Waals surface area contributed by atoms with Gasteiger partial charge in [-0.1, -0.05) is 0 Å². The summed E-state index contributed by atoms with van der Waals surface area (Å²) in [4.78, 5) is 0. The van der Waals surface area contributed by atoms with Gasteiger partial charge in [-0.3, -0.25) is 0 Å². The van der Waals surface area contributed by atoms with Gasteiger partial charge in [0.25, 0.3) is 0 Å². The fourth-order valence-corrected chi connectivity index (χ4v) is 3.00. The van der Waals surface area contributed by atoms with Crippen LogP contribution in [0.2, 0.25) is 0 Å². The van der Waals surface area contributed by atoms with E-state index in [1.165, 1.54) is 51.4 Å². The summed E-state index contributed by atoms with van der Waals surface area (Å²) in [6.07, 6.45) is 13.6. The van der Waals surface area contributed by atoms with Gasteiger partial charge in [0.1, 0.15) is 0 Å². The molecule has 0 radical (unpaired) electrons. The van der Waals surface area contributed by atoms with Gasteiger partial charge >= 0.3 is 0 Å². The molecule has 80 valence electrons. The Morgan fingerprint density at radius 2 is 0.857 bits per heavy atom. The van der Waals surface area contributed by atoms with Crippen molar-refractivity contribution in [3.05, 3.63) is 0 Å². The van der Waals surface area contributed by atoms with Crippen LogP contribution < -0.4 is 0 Å². The molecule has 0 aromatic carbocycles. The zero-order chi connectivity index (χ0) is 9.38. The minimum atomic E-state index is 0.679. The van der Waals surface area contributed by atoms with Gasteiger partial charge in [0.05, 0.1) is 24.4 Å². The van der Waals surface area contributed by atoms with Gasteiger partial charge in [0.2, 0.25) is 0 Å². The maximum atomic E-state index is 5.38. The summed E-state index contributed by atoms with van der Waals surface area (Å²) in [7, 11) is 0. The third kappa shape index (κ3) is 1.82. The normalized spacial score (nSPS) is 48.0. The predicted molar refractivity (Wildman–Crippen MR) is 54.3 cm³/mol. The molecule has 4 heterocycles. The molecular formula is C12H20O2. The highest BCUT2D eigenvalue weighted by molar-refractivity contribution is 4.83. The molecule has 4 saturated heterocycles. The van der Waals surface area contributed by atoms with Crippen molar-refractivity contribution in [2.75, 3.05) is 0 Å². The first-order valence-electron chi connectivity index (χ1n) is 6.21. The molecule has 6 fully saturated rings. The number of hydrogen-bond acceptors (Lipinski definition) is 2. The number of hydrogen-bond donors (Lipinski definition) is 0. The lowest BCUT2D eigenvalue weighted by Gasteiger charge is -2.41. The first-order chi connectivity index (χ1) is 6.90. The average molecular weight is 196 g/mol. The Bertz CT molecular complexity index is 143. The van der Waals surface area contributed by atoms with E-state index in [-0.39, 0.29) is 0 Å². The van der Waals surface area contributed by atoms with Crippen LogP contribution >= 0.6 is 0 Å². The number of fused-ring (bicyclic) bond motifs is 4. The molecular weight excluding hydrogens is 176 g/mol. The Kier molecular flexibility index (Phi) is 2.50. The van der Waals surface area contributed by atoms with Crippen LogP contribution in [0.1, 0.15) is 51.4 Å². The minimum absolute atomic E-state index is 0.679. The highest BCUT2D eigenvalue weighted by Gasteiger charge is 2.33. The molecule has 0 N–H and O–H groups in total. The maximum Gasteiger partial charge on any atom is 0.0603 e. The fourth-order valence-electron chi connectivity index (χ4n) is 3.00. The zero-order valence-corrected chi connectivity index (χ0v) is 8.78. The summed E-state index contributed by atoms with van der Waals surface area (Å²) in [6.45, 7) is 0. The molecule has 2 saturated carbocycles. The first kappa shape index (κ1) is 9.17. The van der Waals surface area contributed by atoms with Crippen LogP contribution in [0.4, 0.5) is 0 Å². The summed E-state index contributed by atoms with van der Waals surface area (Å²) in [5, 5.41) is 0. The number of rotatable bonds is 0. The van der Waals surface area contributed by atoms with Crippen molar-refractivity contribution >= 4 is 0 Å². The molecule has 4 unspecified atom stereocenters. The second-order valence-corrected chi connectivity index (χ2v) is 5.09. The van der Waals surface area contributed by atoms with Crippen LogP contribution in [0.25, 0.3) is 0 Å². The lowest BCUT2D eigenvalue weighted by atomic mass is 9.89. The second kappa shape index (κ2) is 3.82. The third-order valence-corrected chi connectivity index (χ3v) is 3.93. The van der Waals surface area contributed by atoms with Gasteiger partial charge in [-0.05, 0) is 51.4 Å². The topological polar surface area (TPSA) is 18.5 Å². The van der Waals surface area contributed by atoms with Gasteiger partial charge in [-0.15, -0.1) is 0 Å². The molecule has 4 bridgehead atoms. The standard InChI is InChI=1S/2C6H10O/c2*1-2-5-4-6(3-1)7-5/h2*5-6H,1-4H2. The smallest absolute Gasteiger partial charge is 0.0603 e. The van der Waals surface area contributed by atoms with Crippen molar-refractivity contribution in [3.8, 4) is 0 Å². The first-order valence-corrected chi connectivity index (χ1v) is 6.21. The van der Waals surface area contributed by atoms with Crippen molar-refractivity contribution in [1.82, 2.24) is 0 Å². The molecule has 4 aliphatic heterocycles. The Morgan fingerprint density at radius 1 is 0.571 bits per heavy atom. The SMILES string of the molecule is C1CC2CC(C1)O2.C1CC2CC(C1)O2.